The van der Waals surface area contributed by atoms with E-state index in [-0.39, 0.29) is 0 Å². The molecule has 2 aromatic carbocycles. The second-order valence-corrected chi connectivity index (χ2v) is 5.95. The van der Waals surface area contributed by atoms with Crippen molar-refractivity contribution in [2.24, 2.45) is 0 Å². The van der Waals surface area contributed by atoms with E-state index in [9.17, 15) is 4.79 Å². The normalized spacial score (nSPS) is 10.4. The number of esters is 1. The maximum absolute atomic E-state index is 12.3. The molecule has 26 heavy (non-hydrogen) atoms. The average molecular weight is 345 g/mol. The summed E-state index contributed by atoms with van der Waals surface area (Å²) in [5.74, 6) is 0.199. The van der Waals surface area contributed by atoms with Gasteiger partial charge in [-0.1, -0.05) is 17.7 Å². The number of ether oxygens (including phenoxy) is 1. The molecule has 0 radical (unpaired) electrons. The molecule has 0 unspecified atom stereocenters. The summed E-state index contributed by atoms with van der Waals surface area (Å²) in [4.78, 5) is 16.9. The highest BCUT2D eigenvalue weighted by Crippen LogP contribution is 2.27. The van der Waals surface area contributed by atoms with Crippen LogP contribution in [-0.2, 0) is 4.74 Å². The van der Waals surface area contributed by atoms with Gasteiger partial charge in [0.2, 0.25) is 0 Å². The molecular weight excluding hydrogens is 326 g/mol. The summed E-state index contributed by atoms with van der Waals surface area (Å²) >= 11 is 0. The number of aromatic nitrogens is 2. The molecule has 0 atom stereocenters. The molecule has 0 aliphatic heterocycles. The zero-order valence-corrected chi connectivity index (χ0v) is 15.0. The van der Waals surface area contributed by atoms with Gasteiger partial charge in [0.25, 0.3) is 0 Å². The standard InChI is InChI=1S/C21H19N3O2/c1-4-26-21(25)19-15(3)24(18-11-5-14(2)6-12-18)20(23-19)17-9-7-16(13-22)8-10-17/h5-12H,4H2,1-3H3. The minimum atomic E-state index is -0.439. The summed E-state index contributed by atoms with van der Waals surface area (Å²) in [5, 5.41) is 9.01. The fourth-order valence-corrected chi connectivity index (χ4v) is 2.79. The van der Waals surface area contributed by atoms with Crippen molar-refractivity contribution in [3.05, 3.63) is 71.0 Å². The van der Waals surface area contributed by atoms with Gasteiger partial charge < -0.3 is 4.74 Å². The fourth-order valence-electron chi connectivity index (χ4n) is 2.79. The van der Waals surface area contributed by atoms with Crippen LogP contribution in [0.5, 0.6) is 0 Å². The Labute approximate surface area is 152 Å². The van der Waals surface area contributed by atoms with Gasteiger partial charge >= 0.3 is 5.97 Å². The van der Waals surface area contributed by atoms with E-state index in [4.69, 9.17) is 10.00 Å². The van der Waals surface area contributed by atoms with Crippen LogP contribution >= 0.6 is 0 Å². The van der Waals surface area contributed by atoms with E-state index in [0.717, 1.165) is 16.8 Å². The number of imidazole rings is 1. The molecule has 0 N–H and O–H groups in total. The van der Waals surface area contributed by atoms with Crippen LogP contribution in [0, 0.1) is 25.2 Å². The highest BCUT2D eigenvalue weighted by atomic mass is 16.5. The molecule has 3 aromatic rings. The lowest BCUT2D eigenvalue weighted by atomic mass is 10.1. The first-order valence-corrected chi connectivity index (χ1v) is 8.39. The SMILES string of the molecule is CCOC(=O)c1nc(-c2ccc(C#N)cc2)n(-c2ccc(C)cc2)c1C. The first-order valence-electron chi connectivity index (χ1n) is 8.39. The van der Waals surface area contributed by atoms with Crippen molar-refractivity contribution in [2.75, 3.05) is 6.61 Å². The summed E-state index contributed by atoms with van der Waals surface area (Å²) in [5.41, 5.74) is 4.47. The highest BCUT2D eigenvalue weighted by Gasteiger charge is 2.22. The largest absolute Gasteiger partial charge is 0.461 e. The molecule has 3 rings (SSSR count). The van der Waals surface area contributed by atoms with Gasteiger partial charge in [-0.25, -0.2) is 9.78 Å². The highest BCUT2D eigenvalue weighted by molar-refractivity contribution is 5.90. The van der Waals surface area contributed by atoms with Gasteiger partial charge in [-0.3, -0.25) is 4.57 Å². The molecule has 5 heteroatoms. The van der Waals surface area contributed by atoms with Crippen molar-refractivity contribution >= 4 is 5.97 Å². The maximum Gasteiger partial charge on any atom is 0.358 e. The topological polar surface area (TPSA) is 67.9 Å². The fraction of sp³-hybridized carbons (Fsp3) is 0.190. The first kappa shape index (κ1) is 17.4. The van der Waals surface area contributed by atoms with E-state index < -0.39 is 5.97 Å². The molecule has 0 spiro atoms. The van der Waals surface area contributed by atoms with Crippen molar-refractivity contribution < 1.29 is 9.53 Å². The number of aryl methyl sites for hydroxylation is 1. The molecule has 0 saturated carbocycles. The first-order chi connectivity index (χ1) is 12.5. The van der Waals surface area contributed by atoms with Gasteiger partial charge in [0.05, 0.1) is 23.9 Å². The third kappa shape index (κ3) is 3.22. The smallest absolute Gasteiger partial charge is 0.358 e. The number of benzene rings is 2. The van der Waals surface area contributed by atoms with Gasteiger partial charge in [0, 0.05) is 11.3 Å². The predicted molar refractivity (Wildman–Crippen MR) is 99.1 cm³/mol. The summed E-state index contributed by atoms with van der Waals surface area (Å²) < 4.78 is 7.08. The summed E-state index contributed by atoms with van der Waals surface area (Å²) in [6, 6.07) is 17.3. The molecular formula is C21H19N3O2. The lowest BCUT2D eigenvalue weighted by Crippen LogP contribution is -2.07. The molecule has 0 aliphatic carbocycles. The van der Waals surface area contributed by atoms with E-state index in [1.807, 2.05) is 54.8 Å². The molecule has 0 aliphatic rings. The third-order valence-corrected chi connectivity index (χ3v) is 4.14. The molecule has 130 valence electrons. The van der Waals surface area contributed by atoms with Crippen molar-refractivity contribution in [3.8, 4) is 23.1 Å². The van der Waals surface area contributed by atoms with Crippen molar-refractivity contribution in [1.29, 1.82) is 5.26 Å². The van der Waals surface area contributed by atoms with Crippen LogP contribution in [0.3, 0.4) is 0 Å². The van der Waals surface area contributed by atoms with Crippen molar-refractivity contribution in [3.63, 3.8) is 0 Å². The summed E-state index contributed by atoms with van der Waals surface area (Å²) in [6.45, 7) is 5.94. The average Bonchev–Trinajstić information content (AvgIpc) is 3.00. The van der Waals surface area contributed by atoms with E-state index in [1.165, 1.54) is 0 Å². The van der Waals surface area contributed by atoms with Gasteiger partial charge in [0.1, 0.15) is 5.82 Å². The zero-order chi connectivity index (χ0) is 18.7. The Morgan fingerprint density at radius 2 is 1.77 bits per heavy atom. The Bertz CT molecular complexity index is 978. The zero-order valence-electron chi connectivity index (χ0n) is 15.0. The number of hydrogen-bond donors (Lipinski definition) is 0. The number of carbonyl (C=O) groups excluding carboxylic acids is 1. The number of nitrogens with zero attached hydrogens (tertiary/aromatic N) is 3. The Kier molecular flexibility index (Phi) is 4.85. The number of carbonyl (C=O) groups is 1. The van der Waals surface area contributed by atoms with Gasteiger partial charge in [-0.2, -0.15) is 5.26 Å². The number of nitriles is 1. The lowest BCUT2D eigenvalue weighted by molar-refractivity contribution is 0.0519. The van der Waals surface area contributed by atoms with Crippen molar-refractivity contribution in [2.45, 2.75) is 20.8 Å². The van der Waals surface area contributed by atoms with Crippen LogP contribution in [0.4, 0.5) is 0 Å². The predicted octanol–water partition coefficient (Wildman–Crippen LogP) is 4.20. The quantitative estimate of drug-likeness (QED) is 0.665. The molecule has 0 saturated heterocycles. The molecule has 5 nitrogen and oxygen atoms in total. The second kappa shape index (κ2) is 7.24. The molecule has 0 amide bonds. The molecule has 0 fully saturated rings. The van der Waals surface area contributed by atoms with E-state index in [0.29, 0.717) is 29.4 Å². The van der Waals surface area contributed by atoms with Gasteiger partial charge in [0.15, 0.2) is 5.69 Å². The van der Waals surface area contributed by atoms with Crippen molar-refractivity contribution in [1.82, 2.24) is 9.55 Å². The maximum atomic E-state index is 12.3. The van der Waals surface area contributed by atoms with E-state index >= 15 is 0 Å². The number of hydrogen-bond acceptors (Lipinski definition) is 4. The van der Waals surface area contributed by atoms with Crippen LogP contribution < -0.4 is 0 Å². The van der Waals surface area contributed by atoms with Crippen LogP contribution in [0.25, 0.3) is 17.1 Å². The third-order valence-electron chi connectivity index (χ3n) is 4.14. The van der Waals surface area contributed by atoms with Gasteiger partial charge in [-0.15, -0.1) is 0 Å². The minimum absolute atomic E-state index is 0.294. The Hall–Kier alpha value is -3.39. The molecule has 1 aromatic heterocycles. The molecule has 0 bridgehead atoms. The lowest BCUT2D eigenvalue weighted by Gasteiger charge is -2.11. The Balaban J connectivity index is 2.20. The Morgan fingerprint density at radius 1 is 1.12 bits per heavy atom. The minimum Gasteiger partial charge on any atom is -0.461 e. The summed E-state index contributed by atoms with van der Waals surface area (Å²) in [7, 11) is 0. The van der Waals surface area contributed by atoms with Crippen LogP contribution in [0.1, 0.15) is 34.2 Å². The number of rotatable bonds is 4. The Morgan fingerprint density at radius 3 is 2.35 bits per heavy atom. The van der Waals surface area contributed by atoms with Crippen LogP contribution in [0.15, 0.2) is 48.5 Å². The second-order valence-electron chi connectivity index (χ2n) is 5.95. The van der Waals surface area contributed by atoms with E-state index in [1.54, 1.807) is 19.1 Å². The van der Waals surface area contributed by atoms with E-state index in [2.05, 4.69) is 11.1 Å². The van der Waals surface area contributed by atoms with Crippen LogP contribution in [-0.4, -0.2) is 22.1 Å². The van der Waals surface area contributed by atoms with Crippen LogP contribution in [0.2, 0.25) is 0 Å². The van der Waals surface area contributed by atoms with Gasteiger partial charge in [-0.05, 0) is 57.2 Å². The molecule has 1 heterocycles. The summed E-state index contributed by atoms with van der Waals surface area (Å²) in [6.07, 6.45) is 0. The monoisotopic (exact) mass is 345 g/mol.